The average Bonchev–Trinajstić information content (AvgIpc) is 3.16. The molecule has 30 heavy (non-hydrogen) atoms. The fraction of sp³-hybridized carbons (Fsp3) is 0.261. The summed E-state index contributed by atoms with van der Waals surface area (Å²) in [6.07, 6.45) is 3.68. The first-order valence-corrected chi connectivity index (χ1v) is 10.8. The molecule has 154 valence electrons. The molecule has 2 N–H and O–H groups in total. The molecular formula is C23H24BrN5O. The van der Waals surface area contributed by atoms with Crippen molar-refractivity contribution >= 4 is 49.6 Å². The Morgan fingerprint density at radius 2 is 1.90 bits per heavy atom. The number of rotatable bonds is 7. The van der Waals surface area contributed by atoms with Crippen molar-refractivity contribution in [2.45, 2.75) is 32.9 Å². The zero-order valence-electron chi connectivity index (χ0n) is 16.9. The maximum absolute atomic E-state index is 12.1. The summed E-state index contributed by atoms with van der Waals surface area (Å²) in [5, 5.41) is 1.06. The third-order valence-electron chi connectivity index (χ3n) is 5.29. The summed E-state index contributed by atoms with van der Waals surface area (Å²) in [5.74, 6) is 0.551. The van der Waals surface area contributed by atoms with Crippen LogP contribution in [0.25, 0.3) is 21.9 Å². The Morgan fingerprint density at radius 3 is 2.67 bits per heavy atom. The third kappa shape index (κ3) is 4.31. The summed E-state index contributed by atoms with van der Waals surface area (Å²) in [5.41, 5.74) is 9.89. The molecule has 0 saturated heterocycles. The molecule has 0 unspecified atom stereocenters. The van der Waals surface area contributed by atoms with E-state index >= 15 is 0 Å². The van der Waals surface area contributed by atoms with Crippen molar-refractivity contribution in [2.75, 3.05) is 12.3 Å². The number of carbonyl (C=O) groups excluding carboxylic acids is 1. The lowest BCUT2D eigenvalue weighted by Gasteiger charge is -2.21. The molecule has 4 aromatic rings. The van der Waals surface area contributed by atoms with Crippen LogP contribution in [-0.4, -0.2) is 31.9 Å². The van der Waals surface area contributed by atoms with Crippen molar-refractivity contribution in [3.05, 3.63) is 64.9 Å². The second kappa shape index (κ2) is 8.83. The number of imidazole rings is 1. The van der Waals surface area contributed by atoms with Gasteiger partial charge < -0.3 is 15.2 Å². The number of nitrogen functional groups attached to an aromatic ring is 1. The minimum absolute atomic E-state index is 0.0934. The van der Waals surface area contributed by atoms with Gasteiger partial charge >= 0.3 is 0 Å². The number of aromatic nitrogens is 3. The van der Waals surface area contributed by atoms with Gasteiger partial charge in [-0.3, -0.25) is 4.79 Å². The predicted octanol–water partition coefficient (Wildman–Crippen LogP) is 4.76. The highest BCUT2D eigenvalue weighted by atomic mass is 79.9. The number of pyridine rings is 1. The van der Waals surface area contributed by atoms with Crippen molar-refractivity contribution < 1.29 is 4.79 Å². The summed E-state index contributed by atoms with van der Waals surface area (Å²) in [6.45, 7) is 3.80. The zero-order chi connectivity index (χ0) is 21.1. The number of halogens is 1. The van der Waals surface area contributed by atoms with Gasteiger partial charge in [0, 0.05) is 36.4 Å². The minimum atomic E-state index is 0.0934. The fourth-order valence-corrected chi connectivity index (χ4v) is 3.98. The van der Waals surface area contributed by atoms with Crippen LogP contribution < -0.4 is 5.73 Å². The van der Waals surface area contributed by atoms with E-state index in [2.05, 4.69) is 36.5 Å². The standard InChI is InChI=1S/C23H24BrN5O/c1-16(30)28(14-17-8-10-18(24)11-9-17)12-4-5-13-29-15-26-21-22(29)19-6-2-3-7-20(19)27-23(21)25/h2-3,6-11,15H,4-5,12-14H2,1H3,(H2,25,27). The van der Waals surface area contributed by atoms with Crippen molar-refractivity contribution in [3.63, 3.8) is 0 Å². The maximum atomic E-state index is 12.1. The van der Waals surface area contributed by atoms with E-state index in [-0.39, 0.29) is 5.91 Å². The van der Waals surface area contributed by atoms with E-state index in [1.54, 1.807) is 6.92 Å². The van der Waals surface area contributed by atoms with E-state index in [0.29, 0.717) is 12.4 Å². The first-order chi connectivity index (χ1) is 14.5. The summed E-state index contributed by atoms with van der Waals surface area (Å²) >= 11 is 3.45. The molecule has 1 amide bonds. The summed E-state index contributed by atoms with van der Waals surface area (Å²) < 4.78 is 3.18. The van der Waals surface area contributed by atoms with Gasteiger partial charge in [-0.25, -0.2) is 9.97 Å². The van der Waals surface area contributed by atoms with Crippen molar-refractivity contribution in [3.8, 4) is 0 Å². The van der Waals surface area contributed by atoms with Crippen molar-refractivity contribution in [2.24, 2.45) is 0 Å². The van der Waals surface area contributed by atoms with E-state index in [0.717, 1.165) is 57.9 Å². The Balaban J connectivity index is 1.43. The minimum Gasteiger partial charge on any atom is -0.382 e. The van der Waals surface area contributed by atoms with Gasteiger partial charge in [0.2, 0.25) is 5.91 Å². The topological polar surface area (TPSA) is 77.0 Å². The number of aryl methyl sites for hydroxylation is 1. The molecule has 0 fully saturated rings. The molecule has 0 spiro atoms. The van der Waals surface area contributed by atoms with Crippen LogP contribution >= 0.6 is 15.9 Å². The van der Waals surface area contributed by atoms with Crippen LogP contribution in [0.1, 0.15) is 25.3 Å². The van der Waals surface area contributed by atoms with E-state index in [4.69, 9.17) is 5.73 Å². The molecule has 2 aromatic heterocycles. The molecule has 2 aromatic carbocycles. The average molecular weight is 466 g/mol. The number of nitrogens with zero attached hydrogens (tertiary/aromatic N) is 4. The smallest absolute Gasteiger partial charge is 0.219 e. The van der Waals surface area contributed by atoms with E-state index < -0.39 is 0 Å². The Kier molecular flexibility index (Phi) is 5.99. The number of hydrogen-bond donors (Lipinski definition) is 1. The quantitative estimate of drug-likeness (QED) is 0.399. The van der Waals surface area contributed by atoms with E-state index in [1.807, 2.05) is 53.7 Å². The first kappa shape index (κ1) is 20.3. The van der Waals surface area contributed by atoms with Gasteiger partial charge in [0.1, 0.15) is 5.52 Å². The number of amides is 1. The molecule has 7 heteroatoms. The Bertz CT molecular complexity index is 1190. The van der Waals surface area contributed by atoms with Crippen LogP contribution in [0.5, 0.6) is 0 Å². The molecule has 4 rings (SSSR count). The third-order valence-corrected chi connectivity index (χ3v) is 5.82. The van der Waals surface area contributed by atoms with Gasteiger partial charge in [-0.15, -0.1) is 0 Å². The first-order valence-electron chi connectivity index (χ1n) is 10.0. The molecule has 0 atom stereocenters. The van der Waals surface area contributed by atoms with Gasteiger partial charge in [-0.1, -0.05) is 46.3 Å². The molecule has 2 heterocycles. The van der Waals surface area contributed by atoms with Gasteiger partial charge in [-0.2, -0.15) is 0 Å². The highest BCUT2D eigenvalue weighted by Crippen LogP contribution is 2.27. The number of hydrogen-bond acceptors (Lipinski definition) is 4. The number of benzene rings is 2. The number of carbonyl (C=O) groups is 1. The summed E-state index contributed by atoms with van der Waals surface area (Å²) in [7, 11) is 0. The van der Waals surface area contributed by atoms with Crippen LogP contribution in [0, 0.1) is 0 Å². The van der Waals surface area contributed by atoms with Crippen LogP contribution in [0.2, 0.25) is 0 Å². The van der Waals surface area contributed by atoms with Crippen molar-refractivity contribution in [1.29, 1.82) is 0 Å². The largest absolute Gasteiger partial charge is 0.382 e. The molecule has 0 aliphatic carbocycles. The molecule has 0 bridgehead atoms. The summed E-state index contributed by atoms with van der Waals surface area (Å²) in [4.78, 5) is 22.9. The molecule has 0 aliphatic rings. The lowest BCUT2D eigenvalue weighted by atomic mass is 10.1. The summed E-state index contributed by atoms with van der Waals surface area (Å²) in [6, 6.07) is 16.1. The van der Waals surface area contributed by atoms with Gasteiger partial charge in [0.05, 0.1) is 17.4 Å². The van der Waals surface area contributed by atoms with Gasteiger partial charge in [0.15, 0.2) is 5.82 Å². The van der Waals surface area contributed by atoms with E-state index in [9.17, 15) is 4.79 Å². The SMILES string of the molecule is CC(=O)N(CCCCn1cnc2c(N)nc3ccccc3c21)Cc1ccc(Br)cc1. The Labute approximate surface area is 183 Å². The predicted molar refractivity (Wildman–Crippen MR) is 124 cm³/mol. The monoisotopic (exact) mass is 465 g/mol. The highest BCUT2D eigenvalue weighted by Gasteiger charge is 2.13. The Hall–Kier alpha value is -2.93. The number of para-hydroxylation sites is 1. The van der Waals surface area contributed by atoms with Crippen molar-refractivity contribution in [1.82, 2.24) is 19.4 Å². The van der Waals surface area contributed by atoms with Gasteiger partial charge in [0.25, 0.3) is 0 Å². The number of fused-ring (bicyclic) bond motifs is 3. The maximum Gasteiger partial charge on any atom is 0.219 e. The Morgan fingerprint density at radius 1 is 1.13 bits per heavy atom. The highest BCUT2D eigenvalue weighted by molar-refractivity contribution is 9.10. The molecule has 0 saturated carbocycles. The normalized spacial score (nSPS) is 11.3. The van der Waals surface area contributed by atoms with E-state index in [1.165, 1.54) is 0 Å². The number of nitrogens with two attached hydrogens (primary N) is 1. The number of unbranched alkanes of at least 4 members (excludes halogenated alkanes) is 1. The van der Waals surface area contributed by atoms with Crippen LogP contribution in [0.15, 0.2) is 59.3 Å². The van der Waals surface area contributed by atoms with Gasteiger partial charge in [-0.05, 0) is 36.6 Å². The second-order valence-corrected chi connectivity index (χ2v) is 8.34. The molecular weight excluding hydrogens is 442 g/mol. The lowest BCUT2D eigenvalue weighted by Crippen LogP contribution is -2.29. The fourth-order valence-electron chi connectivity index (χ4n) is 3.72. The second-order valence-electron chi connectivity index (χ2n) is 7.42. The zero-order valence-corrected chi connectivity index (χ0v) is 18.5. The van der Waals surface area contributed by atoms with Crippen LogP contribution in [-0.2, 0) is 17.9 Å². The number of anilines is 1. The molecule has 0 aliphatic heterocycles. The van der Waals surface area contributed by atoms with Crippen LogP contribution in [0.3, 0.4) is 0 Å². The lowest BCUT2D eigenvalue weighted by molar-refractivity contribution is -0.129. The van der Waals surface area contributed by atoms with Crippen LogP contribution in [0.4, 0.5) is 5.82 Å². The molecule has 6 nitrogen and oxygen atoms in total. The molecule has 0 radical (unpaired) electrons.